The minimum Gasteiger partial charge on any atom is -0.366 e. The fourth-order valence-corrected chi connectivity index (χ4v) is 4.17. The van der Waals surface area contributed by atoms with Crippen LogP contribution in [0, 0.1) is 0 Å². The number of halogens is 2. The average molecular weight is 533 g/mol. The number of nitrogens with one attached hydrogen (secondary N) is 1. The van der Waals surface area contributed by atoms with Crippen LogP contribution in [0.4, 0.5) is 11.5 Å². The van der Waals surface area contributed by atoms with Gasteiger partial charge in [-0.2, -0.15) is 14.6 Å². The first-order valence-corrected chi connectivity index (χ1v) is 11.0. The summed E-state index contributed by atoms with van der Waals surface area (Å²) in [5.41, 5.74) is 4.87. The highest BCUT2D eigenvalue weighted by atomic mass is 127. The molecule has 6 nitrogen and oxygen atoms in total. The molecule has 0 aliphatic heterocycles. The number of fused-ring (bicyclic) bond motifs is 1. The van der Waals surface area contributed by atoms with Crippen LogP contribution in [0.15, 0.2) is 60.0 Å². The molecule has 1 aromatic carbocycles. The molecule has 1 N–H and O–H groups in total. The molecule has 9 heteroatoms. The third-order valence-corrected chi connectivity index (χ3v) is 5.70. The lowest BCUT2D eigenvalue weighted by atomic mass is 10.1. The largest absolute Gasteiger partial charge is 0.366 e. The maximum absolute atomic E-state index is 6.65. The van der Waals surface area contributed by atoms with Gasteiger partial charge in [0.25, 0.3) is 0 Å². The number of benzene rings is 1. The van der Waals surface area contributed by atoms with Gasteiger partial charge in [0.2, 0.25) is 0 Å². The molecule has 0 saturated heterocycles. The van der Waals surface area contributed by atoms with Gasteiger partial charge in [-0.15, -0.1) is 0 Å². The second kappa shape index (κ2) is 8.96. The Bertz CT molecular complexity index is 1220. The number of thiocarbonyl (C=S) groups is 1. The molecule has 0 unspecified atom stereocenters. The topological polar surface area (TPSA) is 67.5 Å². The van der Waals surface area contributed by atoms with Gasteiger partial charge < -0.3 is 5.32 Å². The number of hydrogen-bond acceptors (Lipinski definition) is 6. The van der Waals surface area contributed by atoms with Crippen LogP contribution in [0.25, 0.3) is 16.9 Å². The lowest BCUT2D eigenvalue weighted by molar-refractivity contribution is 0.926. The summed E-state index contributed by atoms with van der Waals surface area (Å²) in [5.74, 6) is 0.767. The van der Waals surface area contributed by atoms with Crippen LogP contribution < -0.4 is 5.32 Å². The van der Waals surface area contributed by atoms with Gasteiger partial charge in [0.15, 0.2) is 5.65 Å². The van der Waals surface area contributed by atoms with Crippen molar-refractivity contribution in [2.45, 2.75) is 11.0 Å². The number of rotatable bonds is 6. The fourth-order valence-electron chi connectivity index (χ4n) is 2.92. The Morgan fingerprint density at radius 3 is 2.83 bits per heavy atom. The van der Waals surface area contributed by atoms with Crippen molar-refractivity contribution in [1.82, 2.24) is 19.6 Å². The minimum absolute atomic E-state index is 0.551. The van der Waals surface area contributed by atoms with Gasteiger partial charge >= 0.3 is 0 Å². The lowest BCUT2D eigenvalue weighted by Gasteiger charge is -2.12. The first kappa shape index (κ1) is 19.9. The normalized spacial score (nSPS) is 10.7. The summed E-state index contributed by atoms with van der Waals surface area (Å²) in [5, 5.41) is 10.9. The van der Waals surface area contributed by atoms with Gasteiger partial charge in [-0.1, -0.05) is 52.4 Å². The average Bonchev–Trinajstić information content (AvgIpc) is 3.16. The highest BCUT2D eigenvalue weighted by Gasteiger charge is 2.15. The van der Waals surface area contributed by atoms with Crippen LogP contribution in [0.1, 0.15) is 11.1 Å². The SMILES string of the molecule is S=C=Nc1cnn2c(NCc3ccncc3)cc(-c3cccc(CI)c3Cl)nc12. The van der Waals surface area contributed by atoms with Crippen LogP contribution in [-0.2, 0) is 11.0 Å². The lowest BCUT2D eigenvalue weighted by Crippen LogP contribution is -2.07. The molecule has 0 radical (unpaired) electrons. The molecule has 0 aliphatic rings. The Morgan fingerprint density at radius 1 is 1.24 bits per heavy atom. The number of isothiocyanates is 1. The first-order chi connectivity index (χ1) is 14.2. The predicted molar refractivity (Wildman–Crippen MR) is 127 cm³/mol. The molecule has 4 aromatic rings. The molecule has 0 aliphatic carbocycles. The maximum Gasteiger partial charge on any atom is 0.184 e. The van der Waals surface area contributed by atoms with Gasteiger partial charge in [0, 0.05) is 35.0 Å². The van der Waals surface area contributed by atoms with Gasteiger partial charge in [-0.05, 0) is 35.5 Å². The molecule has 3 aromatic heterocycles. The molecule has 0 atom stereocenters. The van der Waals surface area contributed by atoms with E-state index in [0.29, 0.717) is 22.9 Å². The van der Waals surface area contributed by atoms with E-state index < -0.39 is 0 Å². The molecule has 0 spiro atoms. The van der Waals surface area contributed by atoms with Crippen LogP contribution in [0.5, 0.6) is 0 Å². The molecule has 0 bridgehead atoms. The summed E-state index contributed by atoms with van der Waals surface area (Å²) in [6.45, 7) is 0.605. The van der Waals surface area contributed by atoms with Crippen molar-refractivity contribution in [1.29, 1.82) is 0 Å². The standard InChI is InChI=1S/C20H14ClIN6S/c21-19-14(9-22)2-1-3-15(19)16-8-18(24-10-13-4-6-23-7-5-13)28-20(27-16)17(11-26-28)25-12-29/h1-8,11,24H,9-10H2. The fraction of sp³-hybridized carbons (Fsp3) is 0.100. The van der Waals surface area contributed by atoms with E-state index in [2.05, 4.69) is 48.1 Å². The van der Waals surface area contributed by atoms with E-state index in [9.17, 15) is 0 Å². The molecular formula is C20H14ClIN6S. The highest BCUT2D eigenvalue weighted by molar-refractivity contribution is 14.1. The van der Waals surface area contributed by atoms with Crippen molar-refractivity contribution in [2.75, 3.05) is 5.32 Å². The van der Waals surface area contributed by atoms with Crippen molar-refractivity contribution in [3.8, 4) is 11.3 Å². The molecule has 29 heavy (non-hydrogen) atoms. The van der Waals surface area contributed by atoms with E-state index in [1.807, 2.05) is 36.4 Å². The van der Waals surface area contributed by atoms with Crippen LogP contribution in [-0.4, -0.2) is 24.7 Å². The summed E-state index contributed by atoms with van der Waals surface area (Å²) in [6, 6.07) is 11.8. The third-order valence-electron chi connectivity index (χ3n) is 4.34. The monoisotopic (exact) mass is 532 g/mol. The molecule has 3 heterocycles. The Kier molecular flexibility index (Phi) is 6.15. The van der Waals surface area contributed by atoms with E-state index >= 15 is 0 Å². The van der Waals surface area contributed by atoms with Crippen LogP contribution in [0.2, 0.25) is 5.02 Å². The molecule has 0 fully saturated rings. The van der Waals surface area contributed by atoms with Crippen molar-refractivity contribution in [3.63, 3.8) is 0 Å². The number of aliphatic imine (C=N–C) groups is 1. The zero-order chi connectivity index (χ0) is 20.2. The summed E-state index contributed by atoms with van der Waals surface area (Å²) in [7, 11) is 0. The van der Waals surface area contributed by atoms with Gasteiger partial charge in [-0.25, -0.2) is 4.98 Å². The molecule has 144 valence electrons. The van der Waals surface area contributed by atoms with Crippen molar-refractivity contribution in [2.24, 2.45) is 4.99 Å². The first-order valence-electron chi connectivity index (χ1n) is 8.64. The molecule has 0 amide bonds. The number of nitrogens with zero attached hydrogens (tertiary/aromatic N) is 5. The van der Waals surface area contributed by atoms with E-state index in [4.69, 9.17) is 28.8 Å². The number of anilines is 1. The van der Waals surface area contributed by atoms with E-state index in [1.165, 1.54) is 0 Å². The van der Waals surface area contributed by atoms with Crippen molar-refractivity contribution >= 4 is 68.7 Å². The van der Waals surface area contributed by atoms with Crippen LogP contribution >= 0.6 is 46.4 Å². The molecule has 4 rings (SSSR count). The molecular weight excluding hydrogens is 519 g/mol. The van der Waals surface area contributed by atoms with Crippen molar-refractivity contribution in [3.05, 3.63) is 71.1 Å². The number of hydrogen-bond donors (Lipinski definition) is 1. The second-order valence-electron chi connectivity index (χ2n) is 6.12. The number of aromatic nitrogens is 4. The Balaban J connectivity index is 1.85. The van der Waals surface area contributed by atoms with Gasteiger partial charge in [0.1, 0.15) is 11.5 Å². The van der Waals surface area contributed by atoms with E-state index in [1.54, 1.807) is 23.1 Å². The summed E-state index contributed by atoms with van der Waals surface area (Å²) in [4.78, 5) is 12.9. The summed E-state index contributed by atoms with van der Waals surface area (Å²) in [6.07, 6.45) is 5.14. The minimum atomic E-state index is 0.551. The number of pyridine rings is 1. The van der Waals surface area contributed by atoms with E-state index in [0.717, 1.165) is 32.6 Å². The Labute approximate surface area is 191 Å². The quantitative estimate of drug-likeness (QED) is 0.149. The zero-order valence-corrected chi connectivity index (χ0v) is 18.7. The van der Waals surface area contributed by atoms with Crippen molar-refractivity contribution < 1.29 is 0 Å². The van der Waals surface area contributed by atoms with Crippen LogP contribution in [0.3, 0.4) is 0 Å². The second-order valence-corrected chi connectivity index (χ2v) is 7.44. The Hall–Kier alpha value is -2.39. The van der Waals surface area contributed by atoms with E-state index in [-0.39, 0.29) is 0 Å². The Morgan fingerprint density at radius 2 is 2.07 bits per heavy atom. The van der Waals surface area contributed by atoms with Gasteiger partial charge in [-0.3, -0.25) is 4.98 Å². The summed E-state index contributed by atoms with van der Waals surface area (Å²) < 4.78 is 2.51. The molecule has 0 saturated carbocycles. The third kappa shape index (κ3) is 4.16. The highest BCUT2D eigenvalue weighted by Crippen LogP contribution is 2.33. The number of alkyl halides is 1. The maximum atomic E-state index is 6.65. The van der Waals surface area contributed by atoms with Gasteiger partial charge in [0.05, 0.1) is 22.1 Å². The predicted octanol–water partition coefficient (Wildman–Crippen LogP) is 5.73. The zero-order valence-electron chi connectivity index (χ0n) is 15.0. The smallest absolute Gasteiger partial charge is 0.184 e. The summed E-state index contributed by atoms with van der Waals surface area (Å²) >= 11 is 13.7.